The second-order valence-corrected chi connectivity index (χ2v) is 10.1. The second-order valence-electron chi connectivity index (χ2n) is 7.42. The summed E-state index contributed by atoms with van der Waals surface area (Å²) in [6, 6.07) is 13.5. The summed E-state index contributed by atoms with van der Waals surface area (Å²) >= 11 is 15.6. The van der Waals surface area contributed by atoms with Crippen LogP contribution in [0.4, 0.5) is 0 Å². The maximum atomic E-state index is 6.31. The Balaban J connectivity index is 1.32. The van der Waals surface area contributed by atoms with Gasteiger partial charge >= 0.3 is 0 Å². The SMILES string of the molecule is CCn1c(CCCOc2ccc(Cl)cc2C)nnc1SCc1csc(-c2ccccc2Cl)n1. The molecule has 0 aliphatic carbocycles. The Kier molecular flexibility index (Phi) is 8.30. The predicted molar refractivity (Wildman–Crippen MR) is 138 cm³/mol. The summed E-state index contributed by atoms with van der Waals surface area (Å²) in [5.74, 6) is 2.58. The van der Waals surface area contributed by atoms with Gasteiger partial charge in [0.1, 0.15) is 16.6 Å². The van der Waals surface area contributed by atoms with Gasteiger partial charge < -0.3 is 9.30 Å². The van der Waals surface area contributed by atoms with Crippen LogP contribution in [-0.2, 0) is 18.7 Å². The highest BCUT2D eigenvalue weighted by Gasteiger charge is 2.13. The molecule has 2 aromatic heterocycles. The topological polar surface area (TPSA) is 52.8 Å². The maximum absolute atomic E-state index is 6.31. The molecule has 4 aromatic rings. The molecule has 9 heteroatoms. The third-order valence-corrected chi connectivity index (χ3v) is 7.54. The Morgan fingerprint density at radius 2 is 1.97 bits per heavy atom. The van der Waals surface area contributed by atoms with Crippen LogP contribution in [-0.4, -0.2) is 26.4 Å². The van der Waals surface area contributed by atoms with Crippen molar-refractivity contribution in [1.82, 2.24) is 19.7 Å². The van der Waals surface area contributed by atoms with Gasteiger partial charge in [0.15, 0.2) is 5.16 Å². The molecule has 0 spiro atoms. The van der Waals surface area contributed by atoms with Crippen molar-refractivity contribution in [2.24, 2.45) is 0 Å². The monoisotopic (exact) mass is 518 g/mol. The average Bonchev–Trinajstić information content (AvgIpc) is 3.43. The molecule has 0 amide bonds. The molecular formula is C24H24Cl2N4OS2. The third kappa shape index (κ3) is 6.09. The van der Waals surface area contributed by atoms with Crippen LogP contribution in [0.15, 0.2) is 53.0 Å². The van der Waals surface area contributed by atoms with Crippen molar-refractivity contribution < 1.29 is 4.74 Å². The van der Waals surface area contributed by atoms with Crippen LogP contribution in [0.3, 0.4) is 0 Å². The largest absolute Gasteiger partial charge is 0.493 e. The average molecular weight is 520 g/mol. The first-order valence-electron chi connectivity index (χ1n) is 10.7. The van der Waals surface area contributed by atoms with E-state index in [1.54, 1.807) is 23.1 Å². The highest BCUT2D eigenvalue weighted by Crippen LogP contribution is 2.32. The number of hydrogen-bond acceptors (Lipinski definition) is 6. The molecule has 0 radical (unpaired) electrons. The van der Waals surface area contributed by atoms with Gasteiger partial charge in [0, 0.05) is 34.7 Å². The molecule has 0 saturated carbocycles. The molecule has 0 N–H and O–H groups in total. The fourth-order valence-electron chi connectivity index (χ4n) is 3.39. The van der Waals surface area contributed by atoms with E-state index in [4.69, 9.17) is 32.9 Å². The summed E-state index contributed by atoms with van der Waals surface area (Å²) in [7, 11) is 0. The standard InChI is InChI=1S/C24H24Cl2N4OS2/c1-3-30-22(9-6-12-31-21-11-10-17(25)13-16(21)2)28-29-24(30)33-15-18-14-32-23(27-18)19-7-4-5-8-20(19)26/h4-5,7-8,10-11,13-14H,3,6,9,12,15H2,1-2H3. The molecule has 172 valence electrons. The number of aromatic nitrogens is 4. The Hall–Kier alpha value is -2.06. The summed E-state index contributed by atoms with van der Waals surface area (Å²) in [6.45, 7) is 5.55. The van der Waals surface area contributed by atoms with Gasteiger partial charge in [-0.2, -0.15) is 0 Å². The molecular weight excluding hydrogens is 495 g/mol. The van der Waals surface area contributed by atoms with Crippen molar-refractivity contribution in [2.45, 2.75) is 44.1 Å². The van der Waals surface area contributed by atoms with Gasteiger partial charge in [0.05, 0.1) is 17.3 Å². The molecule has 2 aromatic carbocycles. The normalized spacial score (nSPS) is 11.2. The molecule has 33 heavy (non-hydrogen) atoms. The van der Waals surface area contributed by atoms with E-state index in [9.17, 15) is 0 Å². The van der Waals surface area contributed by atoms with E-state index in [2.05, 4.69) is 27.1 Å². The summed E-state index contributed by atoms with van der Waals surface area (Å²) in [6.07, 6.45) is 1.67. The minimum atomic E-state index is 0.616. The number of nitrogens with zero attached hydrogens (tertiary/aromatic N) is 4. The predicted octanol–water partition coefficient (Wildman–Crippen LogP) is 7.34. The van der Waals surface area contributed by atoms with E-state index in [0.29, 0.717) is 6.61 Å². The number of benzene rings is 2. The molecule has 0 bridgehead atoms. The van der Waals surface area contributed by atoms with Crippen molar-refractivity contribution in [2.75, 3.05) is 6.61 Å². The fraction of sp³-hybridized carbons (Fsp3) is 0.292. The molecule has 0 saturated heterocycles. The van der Waals surface area contributed by atoms with Crippen LogP contribution in [0, 0.1) is 6.92 Å². The summed E-state index contributed by atoms with van der Waals surface area (Å²) in [4.78, 5) is 4.75. The smallest absolute Gasteiger partial charge is 0.191 e. The van der Waals surface area contributed by atoms with E-state index in [1.807, 2.05) is 49.4 Å². The lowest BCUT2D eigenvalue weighted by Crippen LogP contribution is -2.06. The van der Waals surface area contributed by atoms with Crippen molar-refractivity contribution in [3.8, 4) is 16.3 Å². The Labute approximate surface area is 212 Å². The van der Waals surface area contributed by atoms with Crippen LogP contribution in [0.2, 0.25) is 10.0 Å². The molecule has 0 aliphatic heterocycles. The number of rotatable bonds is 10. The van der Waals surface area contributed by atoms with Gasteiger partial charge in [-0.25, -0.2) is 4.98 Å². The van der Waals surface area contributed by atoms with Gasteiger partial charge in [-0.15, -0.1) is 21.5 Å². The van der Waals surface area contributed by atoms with Gasteiger partial charge in [0.25, 0.3) is 0 Å². The first kappa shape index (κ1) is 24.1. The van der Waals surface area contributed by atoms with E-state index in [1.165, 1.54) is 0 Å². The number of hydrogen-bond donors (Lipinski definition) is 0. The quantitative estimate of drug-likeness (QED) is 0.162. The lowest BCUT2D eigenvalue weighted by Gasteiger charge is -2.10. The Morgan fingerprint density at radius 3 is 2.76 bits per heavy atom. The molecule has 4 rings (SSSR count). The van der Waals surface area contributed by atoms with Crippen LogP contribution >= 0.6 is 46.3 Å². The molecule has 0 fully saturated rings. The zero-order valence-electron chi connectivity index (χ0n) is 18.4. The second kappa shape index (κ2) is 11.4. The fourth-order valence-corrected chi connectivity index (χ4v) is 5.77. The Morgan fingerprint density at radius 1 is 1.12 bits per heavy atom. The van der Waals surface area contributed by atoms with Crippen LogP contribution < -0.4 is 4.74 Å². The molecule has 0 unspecified atom stereocenters. The Bertz CT molecular complexity index is 1220. The van der Waals surface area contributed by atoms with Crippen molar-refractivity contribution in [1.29, 1.82) is 0 Å². The number of halogens is 2. The van der Waals surface area contributed by atoms with Crippen molar-refractivity contribution in [3.63, 3.8) is 0 Å². The molecule has 0 atom stereocenters. The molecule has 0 aliphatic rings. The van der Waals surface area contributed by atoms with E-state index < -0.39 is 0 Å². The first-order chi connectivity index (χ1) is 16.0. The number of aryl methyl sites for hydroxylation is 2. The highest BCUT2D eigenvalue weighted by molar-refractivity contribution is 7.98. The van der Waals surface area contributed by atoms with Crippen molar-refractivity contribution in [3.05, 3.63) is 75.0 Å². The van der Waals surface area contributed by atoms with Gasteiger partial charge in [0.2, 0.25) is 0 Å². The third-order valence-electron chi connectivity index (χ3n) is 5.05. The summed E-state index contributed by atoms with van der Waals surface area (Å²) in [5, 5.41) is 14.2. The minimum Gasteiger partial charge on any atom is -0.493 e. The van der Waals surface area contributed by atoms with E-state index in [-0.39, 0.29) is 0 Å². The molecule has 5 nitrogen and oxygen atoms in total. The minimum absolute atomic E-state index is 0.616. The lowest BCUT2D eigenvalue weighted by atomic mass is 10.2. The lowest BCUT2D eigenvalue weighted by molar-refractivity contribution is 0.307. The van der Waals surface area contributed by atoms with Crippen LogP contribution in [0.25, 0.3) is 10.6 Å². The van der Waals surface area contributed by atoms with Crippen LogP contribution in [0.1, 0.15) is 30.4 Å². The summed E-state index contributed by atoms with van der Waals surface area (Å²) < 4.78 is 8.07. The van der Waals surface area contributed by atoms with Crippen molar-refractivity contribution >= 4 is 46.3 Å². The number of thiazole rings is 1. The summed E-state index contributed by atoms with van der Waals surface area (Å²) in [5.41, 5.74) is 3.02. The first-order valence-corrected chi connectivity index (χ1v) is 13.3. The van der Waals surface area contributed by atoms with Gasteiger partial charge in [-0.1, -0.05) is 53.2 Å². The van der Waals surface area contributed by atoms with E-state index >= 15 is 0 Å². The maximum Gasteiger partial charge on any atom is 0.191 e. The van der Waals surface area contributed by atoms with E-state index in [0.717, 1.165) is 73.7 Å². The zero-order chi connectivity index (χ0) is 23.2. The van der Waals surface area contributed by atoms with Gasteiger partial charge in [-0.3, -0.25) is 0 Å². The number of thioether (sulfide) groups is 1. The van der Waals surface area contributed by atoms with Crippen LogP contribution in [0.5, 0.6) is 5.75 Å². The highest BCUT2D eigenvalue weighted by atomic mass is 35.5. The molecule has 2 heterocycles. The number of ether oxygens (including phenoxy) is 1. The zero-order valence-corrected chi connectivity index (χ0v) is 21.6. The van der Waals surface area contributed by atoms with Gasteiger partial charge in [-0.05, 0) is 50.1 Å².